The molecule has 1 aromatic rings. The largest absolute Gasteiger partial charge is 0.469 e. The highest BCUT2D eigenvalue weighted by Gasteiger charge is 2.46. The third kappa shape index (κ3) is 3.19. The van der Waals surface area contributed by atoms with Gasteiger partial charge >= 0.3 is 5.97 Å². The molecule has 0 spiro atoms. The van der Waals surface area contributed by atoms with Crippen molar-refractivity contribution < 1.29 is 18.7 Å². The first-order valence-electron chi connectivity index (χ1n) is 5.88. The van der Waals surface area contributed by atoms with E-state index >= 15 is 0 Å². The molecule has 2 atom stereocenters. The molecule has 0 radical (unpaired) electrons. The van der Waals surface area contributed by atoms with Crippen LogP contribution in [0.25, 0.3) is 0 Å². The molecule has 0 amide bonds. The Morgan fingerprint density at radius 1 is 1.53 bits per heavy atom. The zero-order chi connectivity index (χ0) is 12.3. The lowest BCUT2D eigenvalue weighted by molar-refractivity contribution is -0.145. The van der Waals surface area contributed by atoms with Crippen molar-refractivity contribution in [2.75, 3.05) is 6.61 Å². The van der Waals surface area contributed by atoms with E-state index in [1.54, 1.807) is 6.26 Å². The number of carbonyl (C=O) groups excluding carboxylic acids is 2. The Morgan fingerprint density at radius 3 is 3.00 bits per heavy atom. The predicted molar refractivity (Wildman–Crippen MR) is 60.4 cm³/mol. The Morgan fingerprint density at radius 2 is 2.35 bits per heavy atom. The van der Waals surface area contributed by atoms with Crippen LogP contribution in [0.5, 0.6) is 0 Å². The Balaban J connectivity index is 1.67. The normalized spacial score (nSPS) is 22.2. The number of Topliss-reactive ketones (excluding diaryl/α,β-unsaturated/α-hetero) is 1. The fraction of sp³-hybridized carbons (Fsp3) is 0.538. The Bertz CT molecular complexity index is 394. The molecular weight excluding hydrogens is 220 g/mol. The third-order valence-electron chi connectivity index (χ3n) is 2.92. The van der Waals surface area contributed by atoms with Gasteiger partial charge in [0.2, 0.25) is 0 Å². The Hall–Kier alpha value is -1.58. The van der Waals surface area contributed by atoms with Crippen molar-refractivity contribution in [3.8, 4) is 0 Å². The topological polar surface area (TPSA) is 56.5 Å². The maximum atomic E-state index is 11.6. The van der Waals surface area contributed by atoms with Gasteiger partial charge in [-0.25, -0.2) is 0 Å². The number of furan rings is 1. The first kappa shape index (κ1) is 11.9. The molecule has 0 saturated heterocycles. The van der Waals surface area contributed by atoms with E-state index < -0.39 is 0 Å². The average molecular weight is 236 g/mol. The van der Waals surface area contributed by atoms with E-state index in [1.165, 1.54) is 6.92 Å². The van der Waals surface area contributed by atoms with Crippen LogP contribution in [0.2, 0.25) is 0 Å². The highest BCUT2D eigenvalue weighted by atomic mass is 16.5. The second-order valence-electron chi connectivity index (χ2n) is 4.44. The molecule has 1 aliphatic carbocycles. The lowest BCUT2D eigenvalue weighted by Gasteiger charge is -2.02. The number of rotatable bonds is 6. The van der Waals surface area contributed by atoms with Crippen molar-refractivity contribution in [2.45, 2.75) is 32.1 Å². The summed E-state index contributed by atoms with van der Waals surface area (Å²) in [6, 6.07) is 3.70. The van der Waals surface area contributed by atoms with Crippen molar-refractivity contribution >= 4 is 11.8 Å². The lowest BCUT2D eigenvalue weighted by atomic mass is 10.2. The summed E-state index contributed by atoms with van der Waals surface area (Å²) in [7, 11) is 0. The molecule has 1 saturated carbocycles. The predicted octanol–water partition coefficient (Wildman–Crippen LogP) is 2.30. The van der Waals surface area contributed by atoms with Crippen LogP contribution in [-0.4, -0.2) is 18.4 Å². The number of esters is 1. The molecule has 1 aromatic heterocycles. The minimum absolute atomic E-state index is 0.0570. The molecule has 4 heteroatoms. The number of hydrogen-bond acceptors (Lipinski definition) is 4. The summed E-state index contributed by atoms with van der Waals surface area (Å²) in [4.78, 5) is 22.3. The number of ketones is 1. The van der Waals surface area contributed by atoms with Crippen LogP contribution in [0.3, 0.4) is 0 Å². The van der Waals surface area contributed by atoms with Gasteiger partial charge in [-0.1, -0.05) is 0 Å². The second-order valence-corrected chi connectivity index (χ2v) is 4.44. The highest BCUT2D eigenvalue weighted by molar-refractivity contribution is 5.77. The first-order chi connectivity index (χ1) is 8.18. The smallest absolute Gasteiger partial charge is 0.309 e. The van der Waals surface area contributed by atoms with Crippen LogP contribution in [0.15, 0.2) is 22.8 Å². The van der Waals surface area contributed by atoms with Gasteiger partial charge in [0.1, 0.15) is 11.5 Å². The van der Waals surface area contributed by atoms with E-state index in [2.05, 4.69) is 0 Å². The van der Waals surface area contributed by atoms with Gasteiger partial charge in [-0.2, -0.15) is 0 Å². The first-order valence-corrected chi connectivity index (χ1v) is 5.88. The molecule has 1 aliphatic rings. The van der Waals surface area contributed by atoms with E-state index in [0.717, 1.165) is 12.2 Å². The second kappa shape index (κ2) is 5.17. The van der Waals surface area contributed by atoms with Crippen LogP contribution in [0.1, 0.15) is 37.9 Å². The summed E-state index contributed by atoms with van der Waals surface area (Å²) < 4.78 is 10.4. The van der Waals surface area contributed by atoms with E-state index in [0.29, 0.717) is 19.4 Å². The van der Waals surface area contributed by atoms with Gasteiger partial charge in [0, 0.05) is 12.3 Å². The maximum absolute atomic E-state index is 11.6. The lowest BCUT2D eigenvalue weighted by Crippen LogP contribution is -2.09. The quantitative estimate of drug-likeness (QED) is 0.561. The van der Waals surface area contributed by atoms with E-state index in [-0.39, 0.29) is 23.6 Å². The van der Waals surface area contributed by atoms with Gasteiger partial charge in [-0.3, -0.25) is 4.79 Å². The van der Waals surface area contributed by atoms with Gasteiger partial charge in [-0.05, 0) is 31.9 Å². The molecule has 0 aliphatic heterocycles. The maximum Gasteiger partial charge on any atom is 0.309 e. The molecule has 2 unspecified atom stereocenters. The fourth-order valence-corrected chi connectivity index (χ4v) is 1.87. The van der Waals surface area contributed by atoms with Gasteiger partial charge in [0.25, 0.3) is 0 Å². The standard InChI is InChI=1S/C13H16O4/c1-9(14)4-2-7-17-13(15)11-8-10(11)12-5-3-6-16-12/h3,5-6,10-11H,2,4,7-8H2,1H3. The monoisotopic (exact) mass is 236 g/mol. The van der Waals surface area contributed by atoms with Crippen molar-refractivity contribution in [1.29, 1.82) is 0 Å². The van der Waals surface area contributed by atoms with Crippen LogP contribution in [0, 0.1) is 5.92 Å². The Kier molecular flexibility index (Phi) is 3.61. The van der Waals surface area contributed by atoms with Crippen LogP contribution in [-0.2, 0) is 14.3 Å². The van der Waals surface area contributed by atoms with Crippen LogP contribution >= 0.6 is 0 Å². The summed E-state index contributed by atoms with van der Waals surface area (Å²) in [5.74, 6) is 0.940. The fourth-order valence-electron chi connectivity index (χ4n) is 1.87. The summed E-state index contributed by atoms with van der Waals surface area (Å²) in [6.45, 7) is 1.87. The molecule has 4 nitrogen and oxygen atoms in total. The SMILES string of the molecule is CC(=O)CCCOC(=O)C1CC1c1ccco1. The summed E-state index contributed by atoms with van der Waals surface area (Å²) in [5, 5.41) is 0. The molecule has 1 heterocycles. The molecule has 92 valence electrons. The third-order valence-corrected chi connectivity index (χ3v) is 2.92. The number of carbonyl (C=O) groups is 2. The Labute approximate surface area is 99.9 Å². The molecule has 2 rings (SSSR count). The molecule has 1 fully saturated rings. The zero-order valence-corrected chi connectivity index (χ0v) is 9.85. The minimum atomic E-state index is -0.171. The summed E-state index contributed by atoms with van der Waals surface area (Å²) in [5.41, 5.74) is 0. The molecular formula is C13H16O4. The van der Waals surface area contributed by atoms with E-state index in [9.17, 15) is 9.59 Å². The van der Waals surface area contributed by atoms with Gasteiger partial charge < -0.3 is 13.9 Å². The van der Waals surface area contributed by atoms with E-state index in [1.807, 2.05) is 12.1 Å². The molecule has 17 heavy (non-hydrogen) atoms. The molecule has 0 N–H and O–H groups in total. The van der Waals surface area contributed by atoms with Gasteiger partial charge in [-0.15, -0.1) is 0 Å². The number of ether oxygens (including phenoxy) is 1. The van der Waals surface area contributed by atoms with Crippen molar-refractivity contribution in [3.63, 3.8) is 0 Å². The van der Waals surface area contributed by atoms with Crippen molar-refractivity contribution in [2.24, 2.45) is 5.92 Å². The van der Waals surface area contributed by atoms with Crippen molar-refractivity contribution in [3.05, 3.63) is 24.2 Å². The van der Waals surface area contributed by atoms with E-state index in [4.69, 9.17) is 9.15 Å². The van der Waals surface area contributed by atoms with Gasteiger partial charge in [0.05, 0.1) is 18.8 Å². The molecule has 0 bridgehead atoms. The zero-order valence-electron chi connectivity index (χ0n) is 9.85. The summed E-state index contributed by atoms with van der Waals surface area (Å²) in [6.07, 6.45) is 3.50. The van der Waals surface area contributed by atoms with Crippen LogP contribution in [0.4, 0.5) is 0 Å². The van der Waals surface area contributed by atoms with Crippen LogP contribution < -0.4 is 0 Å². The average Bonchev–Trinajstić information content (AvgIpc) is 2.91. The van der Waals surface area contributed by atoms with Crippen molar-refractivity contribution in [1.82, 2.24) is 0 Å². The van der Waals surface area contributed by atoms with Gasteiger partial charge in [0.15, 0.2) is 0 Å². The summed E-state index contributed by atoms with van der Waals surface area (Å²) >= 11 is 0. The number of hydrogen-bond donors (Lipinski definition) is 0. The minimum Gasteiger partial charge on any atom is -0.469 e. The molecule has 0 aromatic carbocycles. The highest BCUT2D eigenvalue weighted by Crippen LogP contribution is 2.48.